The monoisotopic (exact) mass is 320 g/mol. The van der Waals surface area contributed by atoms with Gasteiger partial charge in [0.2, 0.25) is 0 Å². The van der Waals surface area contributed by atoms with Crippen LogP contribution in [0, 0.1) is 0 Å². The Morgan fingerprint density at radius 3 is 1.65 bits per heavy atom. The van der Waals surface area contributed by atoms with Gasteiger partial charge in [0.05, 0.1) is 0 Å². The maximum absolute atomic E-state index is 11.9. The molecule has 0 fully saturated rings. The van der Waals surface area contributed by atoms with Crippen molar-refractivity contribution < 1.29 is 28.7 Å². The third-order valence-corrected chi connectivity index (χ3v) is 3.02. The molecule has 0 amide bonds. The number of ketones is 2. The van der Waals surface area contributed by atoms with Crippen molar-refractivity contribution in [1.29, 1.82) is 0 Å². The molecule has 0 spiro atoms. The van der Waals surface area contributed by atoms with Gasteiger partial charge in [-0.05, 0) is 13.8 Å². The average molecular weight is 320 g/mol. The van der Waals surface area contributed by atoms with Gasteiger partial charge in [0.25, 0.3) is 5.79 Å². The summed E-state index contributed by atoms with van der Waals surface area (Å²) in [6.07, 6.45) is -0.692. The fourth-order valence-corrected chi connectivity index (χ4v) is 2.03. The summed E-state index contributed by atoms with van der Waals surface area (Å²) in [5.41, 5.74) is 0.455. The summed E-state index contributed by atoms with van der Waals surface area (Å²) in [6.45, 7) is 4.20. The van der Waals surface area contributed by atoms with Crippen LogP contribution in [0.3, 0.4) is 0 Å². The molecule has 6 nitrogen and oxygen atoms in total. The topological polar surface area (TPSA) is 86.7 Å². The van der Waals surface area contributed by atoms with Gasteiger partial charge in [-0.1, -0.05) is 37.3 Å². The third kappa shape index (κ3) is 5.65. The van der Waals surface area contributed by atoms with Crippen LogP contribution in [0.2, 0.25) is 0 Å². The van der Waals surface area contributed by atoms with Gasteiger partial charge in [0, 0.05) is 12.0 Å². The lowest BCUT2D eigenvalue weighted by Crippen LogP contribution is -2.38. The number of Topliss-reactive ketones (excluding diaryl/α,β-unsaturated/α-hetero) is 2. The van der Waals surface area contributed by atoms with Crippen LogP contribution in [0.5, 0.6) is 0 Å². The molecule has 0 aromatic heterocycles. The smallest absolute Gasteiger partial charge is 0.316 e. The summed E-state index contributed by atoms with van der Waals surface area (Å²) in [5.74, 6) is -3.95. The Bertz CT molecular complexity index is 560. The van der Waals surface area contributed by atoms with Gasteiger partial charge in [-0.2, -0.15) is 0 Å². The number of esters is 2. The van der Waals surface area contributed by atoms with Crippen LogP contribution in [0.15, 0.2) is 30.3 Å². The highest BCUT2D eigenvalue weighted by atomic mass is 16.7. The van der Waals surface area contributed by atoms with Crippen LogP contribution in [0.4, 0.5) is 0 Å². The molecule has 0 saturated carbocycles. The van der Waals surface area contributed by atoms with Crippen molar-refractivity contribution in [3.8, 4) is 0 Å². The molecule has 0 N–H and O–H groups in total. The van der Waals surface area contributed by atoms with E-state index in [9.17, 15) is 19.2 Å². The van der Waals surface area contributed by atoms with E-state index in [-0.39, 0.29) is 18.0 Å². The summed E-state index contributed by atoms with van der Waals surface area (Å²) in [7, 11) is 0. The minimum Gasteiger partial charge on any atom is -0.418 e. The summed E-state index contributed by atoms with van der Waals surface area (Å²) in [4.78, 5) is 46.0. The van der Waals surface area contributed by atoms with Crippen LogP contribution in [-0.2, 0) is 34.4 Å². The summed E-state index contributed by atoms with van der Waals surface area (Å²) in [6, 6.07) is 8.46. The van der Waals surface area contributed by atoms with E-state index >= 15 is 0 Å². The zero-order valence-corrected chi connectivity index (χ0v) is 13.5. The minimum atomic E-state index is -1.65. The first kappa shape index (κ1) is 18.5. The van der Waals surface area contributed by atoms with Gasteiger partial charge in [0.1, 0.15) is 24.4 Å². The molecule has 1 aromatic carbocycles. The van der Waals surface area contributed by atoms with Crippen molar-refractivity contribution in [2.24, 2.45) is 0 Å². The summed E-state index contributed by atoms with van der Waals surface area (Å²) >= 11 is 0. The van der Waals surface area contributed by atoms with Crippen LogP contribution < -0.4 is 0 Å². The second-order valence-corrected chi connectivity index (χ2v) is 5.18. The van der Waals surface area contributed by atoms with E-state index in [0.29, 0.717) is 5.56 Å². The minimum absolute atomic E-state index is 0.143. The Kier molecular flexibility index (Phi) is 6.63. The number of hydrogen-bond acceptors (Lipinski definition) is 6. The lowest BCUT2D eigenvalue weighted by molar-refractivity contribution is -0.235. The van der Waals surface area contributed by atoms with E-state index in [1.165, 1.54) is 13.8 Å². The van der Waals surface area contributed by atoms with Gasteiger partial charge in [0.15, 0.2) is 0 Å². The fraction of sp³-hybridized carbons (Fsp3) is 0.412. The molecule has 0 atom stereocenters. The Balaban J connectivity index is 3.11. The zero-order chi connectivity index (χ0) is 17.5. The molecule has 0 unspecified atom stereocenters. The van der Waals surface area contributed by atoms with E-state index < -0.39 is 30.6 Å². The van der Waals surface area contributed by atoms with E-state index in [0.717, 1.165) is 0 Å². The maximum atomic E-state index is 11.9. The van der Waals surface area contributed by atoms with E-state index in [2.05, 4.69) is 0 Å². The van der Waals surface area contributed by atoms with E-state index in [1.807, 2.05) is 0 Å². The molecule has 0 aliphatic rings. The van der Waals surface area contributed by atoms with Gasteiger partial charge in [-0.25, -0.2) is 0 Å². The highest BCUT2D eigenvalue weighted by Crippen LogP contribution is 2.32. The summed E-state index contributed by atoms with van der Waals surface area (Å²) < 4.78 is 10.6. The summed E-state index contributed by atoms with van der Waals surface area (Å²) in [5, 5.41) is 0. The first-order chi connectivity index (χ1) is 10.8. The largest absolute Gasteiger partial charge is 0.418 e. The van der Waals surface area contributed by atoms with Crippen molar-refractivity contribution in [3.05, 3.63) is 35.9 Å². The molecule has 6 heteroatoms. The van der Waals surface area contributed by atoms with E-state index in [1.54, 1.807) is 37.3 Å². The van der Waals surface area contributed by atoms with Crippen LogP contribution in [0.25, 0.3) is 0 Å². The van der Waals surface area contributed by atoms with Gasteiger partial charge >= 0.3 is 11.9 Å². The number of rotatable bonds is 8. The molecule has 0 saturated heterocycles. The zero-order valence-electron chi connectivity index (χ0n) is 13.5. The number of ether oxygens (including phenoxy) is 2. The number of hydrogen-bond donors (Lipinski definition) is 0. The van der Waals surface area contributed by atoms with Crippen LogP contribution in [-0.4, -0.2) is 23.5 Å². The Hall–Kier alpha value is -2.50. The van der Waals surface area contributed by atoms with Crippen LogP contribution in [0.1, 0.15) is 45.6 Å². The Morgan fingerprint density at radius 2 is 1.30 bits per heavy atom. The highest BCUT2D eigenvalue weighted by molar-refractivity contribution is 5.95. The van der Waals surface area contributed by atoms with Crippen molar-refractivity contribution >= 4 is 23.5 Å². The molecule has 0 bridgehead atoms. The Labute approximate surface area is 134 Å². The van der Waals surface area contributed by atoms with E-state index in [4.69, 9.17) is 9.47 Å². The molecule has 1 aromatic rings. The molecular formula is C17H20O6. The Morgan fingerprint density at radius 1 is 0.870 bits per heavy atom. The lowest BCUT2D eigenvalue weighted by Gasteiger charge is -2.32. The van der Waals surface area contributed by atoms with Crippen LogP contribution >= 0.6 is 0 Å². The lowest BCUT2D eigenvalue weighted by atomic mass is 10.0. The van der Waals surface area contributed by atoms with Crippen molar-refractivity contribution in [2.45, 2.75) is 45.8 Å². The molecule has 0 radical (unpaired) electrons. The number of carbonyl (C=O) groups is 4. The highest BCUT2D eigenvalue weighted by Gasteiger charge is 2.39. The molecular weight excluding hydrogens is 300 g/mol. The first-order valence-corrected chi connectivity index (χ1v) is 7.27. The standard InChI is InChI=1S/C17H20O6/c1-4-17(14-8-6-5-7-9-14,22-15(20)10-12(2)18)23-16(21)11-13(3)19/h5-9H,4,10-11H2,1-3H3. The van der Waals surface area contributed by atoms with Gasteiger partial charge in [-0.3, -0.25) is 19.2 Å². The van der Waals surface area contributed by atoms with Gasteiger partial charge in [-0.15, -0.1) is 0 Å². The third-order valence-electron chi connectivity index (χ3n) is 3.02. The molecule has 0 aliphatic heterocycles. The quantitative estimate of drug-likeness (QED) is 0.415. The first-order valence-electron chi connectivity index (χ1n) is 7.27. The van der Waals surface area contributed by atoms with Crippen molar-refractivity contribution in [3.63, 3.8) is 0 Å². The van der Waals surface area contributed by atoms with Crippen molar-refractivity contribution in [1.82, 2.24) is 0 Å². The normalized spacial score (nSPS) is 10.7. The number of benzene rings is 1. The second kappa shape index (κ2) is 8.22. The SMILES string of the molecule is CCC(OC(=O)CC(C)=O)(OC(=O)CC(C)=O)c1ccccc1. The predicted molar refractivity (Wildman–Crippen MR) is 81.2 cm³/mol. The average Bonchev–Trinajstić information content (AvgIpc) is 2.45. The van der Waals surface area contributed by atoms with Crippen molar-refractivity contribution in [2.75, 3.05) is 0 Å². The molecule has 0 aliphatic carbocycles. The second-order valence-electron chi connectivity index (χ2n) is 5.18. The van der Waals surface area contributed by atoms with Gasteiger partial charge < -0.3 is 9.47 Å². The predicted octanol–water partition coefficient (Wildman–Crippen LogP) is 2.29. The molecule has 124 valence electrons. The number of carbonyl (C=O) groups excluding carboxylic acids is 4. The maximum Gasteiger partial charge on any atom is 0.316 e. The molecule has 0 heterocycles. The molecule has 23 heavy (non-hydrogen) atoms. The fourth-order valence-electron chi connectivity index (χ4n) is 2.03. The molecule has 1 rings (SSSR count).